The molecule has 7 heteroatoms. The maximum Gasteiger partial charge on any atom is 0.194 e. The quantitative estimate of drug-likeness (QED) is 0.403. The van der Waals surface area contributed by atoms with E-state index in [0.717, 1.165) is 71.3 Å². The van der Waals surface area contributed by atoms with Crippen molar-refractivity contribution < 1.29 is 9.13 Å². The molecule has 0 amide bonds. The summed E-state index contributed by atoms with van der Waals surface area (Å²) in [6.07, 6.45) is 1.02. The molecule has 0 saturated carbocycles. The molecule has 2 rings (SSSR count). The largest absolute Gasteiger partial charge is 0.383 e. The first-order valence-corrected chi connectivity index (χ1v) is 9.86. The second-order valence-corrected chi connectivity index (χ2v) is 6.81. The number of ether oxygens (including phenoxy) is 1. The van der Waals surface area contributed by atoms with Crippen LogP contribution in [-0.4, -0.2) is 88.9 Å². The summed E-state index contributed by atoms with van der Waals surface area (Å²) < 4.78 is 19.1. The zero-order valence-electron chi connectivity index (χ0n) is 17.0. The summed E-state index contributed by atoms with van der Waals surface area (Å²) in [5.41, 5.74) is 0.693. The number of nitrogens with zero attached hydrogens (tertiary/aromatic N) is 4. The molecule has 1 aliphatic heterocycles. The van der Waals surface area contributed by atoms with Crippen LogP contribution in [0.15, 0.2) is 29.3 Å². The number of aliphatic imine (C=N–C) groups is 1. The highest BCUT2D eigenvalue weighted by Crippen LogP contribution is 2.20. The van der Waals surface area contributed by atoms with Crippen LogP contribution in [0.2, 0.25) is 0 Å². The van der Waals surface area contributed by atoms with E-state index in [1.165, 1.54) is 6.07 Å². The second-order valence-electron chi connectivity index (χ2n) is 6.81. The van der Waals surface area contributed by atoms with Crippen LogP contribution >= 0.6 is 0 Å². The SMILES string of the molecule is CCNC(=NCCCN(C)CCOC)N1CCN(c2ccccc2F)CC1. The molecule has 0 radical (unpaired) electrons. The molecule has 1 N–H and O–H groups in total. The van der Waals surface area contributed by atoms with E-state index in [4.69, 9.17) is 9.73 Å². The maximum atomic E-state index is 14.0. The Bertz CT molecular complexity index is 575. The Labute approximate surface area is 163 Å². The molecular weight excluding hydrogens is 345 g/mol. The molecule has 0 aromatic heterocycles. The third kappa shape index (κ3) is 6.99. The third-order valence-corrected chi connectivity index (χ3v) is 4.74. The molecule has 1 fully saturated rings. The molecule has 0 spiro atoms. The van der Waals surface area contributed by atoms with E-state index >= 15 is 0 Å². The van der Waals surface area contributed by atoms with Crippen molar-refractivity contribution in [2.75, 3.05) is 78.0 Å². The minimum atomic E-state index is -0.149. The number of methoxy groups -OCH3 is 1. The topological polar surface area (TPSA) is 43.3 Å². The molecule has 6 nitrogen and oxygen atoms in total. The number of nitrogens with one attached hydrogen (secondary N) is 1. The van der Waals surface area contributed by atoms with Crippen LogP contribution in [-0.2, 0) is 4.74 Å². The molecule has 0 unspecified atom stereocenters. The molecule has 0 atom stereocenters. The second kappa shape index (κ2) is 11.8. The summed E-state index contributed by atoms with van der Waals surface area (Å²) in [5.74, 6) is 0.814. The van der Waals surface area contributed by atoms with Gasteiger partial charge in [-0.05, 0) is 39.1 Å². The van der Waals surface area contributed by atoms with Gasteiger partial charge in [0.2, 0.25) is 0 Å². The van der Waals surface area contributed by atoms with Crippen molar-refractivity contribution in [3.63, 3.8) is 0 Å². The van der Waals surface area contributed by atoms with E-state index in [9.17, 15) is 4.39 Å². The minimum Gasteiger partial charge on any atom is -0.383 e. The predicted molar refractivity (Wildman–Crippen MR) is 110 cm³/mol. The maximum absolute atomic E-state index is 14.0. The first-order valence-electron chi connectivity index (χ1n) is 9.86. The van der Waals surface area contributed by atoms with E-state index in [0.29, 0.717) is 5.69 Å². The van der Waals surface area contributed by atoms with Crippen molar-refractivity contribution in [1.29, 1.82) is 0 Å². The van der Waals surface area contributed by atoms with Gasteiger partial charge in [-0.2, -0.15) is 0 Å². The Balaban J connectivity index is 1.82. The highest BCUT2D eigenvalue weighted by molar-refractivity contribution is 5.80. The average Bonchev–Trinajstić information content (AvgIpc) is 2.69. The number of halogens is 1. The lowest BCUT2D eigenvalue weighted by molar-refractivity contribution is 0.161. The van der Waals surface area contributed by atoms with Crippen LogP contribution in [0.25, 0.3) is 0 Å². The Hall–Kier alpha value is -1.86. The number of benzene rings is 1. The zero-order valence-corrected chi connectivity index (χ0v) is 17.0. The molecular formula is C20H34FN5O. The molecule has 27 heavy (non-hydrogen) atoms. The molecule has 0 aliphatic carbocycles. The fourth-order valence-electron chi connectivity index (χ4n) is 3.18. The number of anilines is 1. The average molecular weight is 380 g/mol. The van der Waals surface area contributed by atoms with Gasteiger partial charge < -0.3 is 24.8 Å². The first kappa shape index (κ1) is 21.4. The molecule has 152 valence electrons. The monoisotopic (exact) mass is 379 g/mol. The summed E-state index contributed by atoms with van der Waals surface area (Å²) in [6.45, 7) is 9.72. The van der Waals surface area contributed by atoms with Crippen LogP contribution in [0.5, 0.6) is 0 Å². The highest BCUT2D eigenvalue weighted by Gasteiger charge is 2.21. The van der Waals surface area contributed by atoms with Gasteiger partial charge in [0, 0.05) is 52.9 Å². The molecule has 1 aromatic rings. The van der Waals surface area contributed by atoms with Crippen LogP contribution in [0.1, 0.15) is 13.3 Å². The van der Waals surface area contributed by atoms with E-state index in [2.05, 4.69) is 34.0 Å². The lowest BCUT2D eigenvalue weighted by Gasteiger charge is -2.37. The predicted octanol–water partition coefficient (Wildman–Crippen LogP) is 1.88. The van der Waals surface area contributed by atoms with Gasteiger partial charge in [0.1, 0.15) is 5.82 Å². The molecule has 0 bridgehead atoms. The van der Waals surface area contributed by atoms with Gasteiger partial charge in [0.25, 0.3) is 0 Å². The Morgan fingerprint density at radius 2 is 1.96 bits per heavy atom. The van der Waals surface area contributed by atoms with Gasteiger partial charge in [-0.15, -0.1) is 0 Å². The Morgan fingerprint density at radius 3 is 2.63 bits per heavy atom. The fourth-order valence-corrected chi connectivity index (χ4v) is 3.18. The van der Waals surface area contributed by atoms with Crippen molar-refractivity contribution >= 4 is 11.6 Å². The molecule has 1 heterocycles. The van der Waals surface area contributed by atoms with Crippen molar-refractivity contribution in [2.45, 2.75) is 13.3 Å². The summed E-state index contributed by atoms with van der Waals surface area (Å²) >= 11 is 0. The zero-order chi connectivity index (χ0) is 19.5. The van der Waals surface area contributed by atoms with Crippen LogP contribution < -0.4 is 10.2 Å². The van der Waals surface area contributed by atoms with Gasteiger partial charge >= 0.3 is 0 Å². The Morgan fingerprint density at radius 1 is 1.22 bits per heavy atom. The number of guanidine groups is 1. The number of hydrogen-bond acceptors (Lipinski definition) is 4. The van der Waals surface area contributed by atoms with Gasteiger partial charge in [0.15, 0.2) is 5.96 Å². The Kier molecular flexibility index (Phi) is 9.35. The lowest BCUT2D eigenvalue weighted by Crippen LogP contribution is -2.52. The van der Waals surface area contributed by atoms with Crippen molar-refractivity contribution in [3.8, 4) is 0 Å². The normalized spacial score (nSPS) is 15.5. The van der Waals surface area contributed by atoms with Crippen molar-refractivity contribution in [1.82, 2.24) is 15.1 Å². The summed E-state index contributed by atoms with van der Waals surface area (Å²) in [5, 5.41) is 3.39. The van der Waals surface area contributed by atoms with Gasteiger partial charge in [-0.25, -0.2) is 4.39 Å². The van der Waals surface area contributed by atoms with Crippen LogP contribution in [0, 0.1) is 5.82 Å². The molecule has 1 aliphatic rings. The van der Waals surface area contributed by atoms with Crippen LogP contribution in [0.4, 0.5) is 10.1 Å². The van der Waals surface area contributed by atoms with Gasteiger partial charge in [0.05, 0.1) is 12.3 Å². The molecule has 1 aromatic carbocycles. The lowest BCUT2D eigenvalue weighted by atomic mass is 10.2. The van der Waals surface area contributed by atoms with E-state index in [-0.39, 0.29) is 5.82 Å². The summed E-state index contributed by atoms with van der Waals surface area (Å²) in [6, 6.07) is 7.00. The van der Waals surface area contributed by atoms with E-state index in [1.54, 1.807) is 13.2 Å². The fraction of sp³-hybridized carbons (Fsp3) is 0.650. The first-order chi connectivity index (χ1) is 13.2. The standard InChI is InChI=1S/C20H34FN5O/c1-4-22-20(23-10-7-11-24(2)16-17-27-3)26-14-12-25(13-15-26)19-9-6-5-8-18(19)21/h5-6,8-9H,4,7,10-17H2,1-3H3,(H,22,23). The number of likely N-dealkylation sites (N-methyl/N-ethyl adjacent to an activating group) is 1. The van der Waals surface area contributed by atoms with E-state index in [1.807, 2.05) is 12.1 Å². The van der Waals surface area contributed by atoms with Gasteiger partial charge in [-0.1, -0.05) is 12.1 Å². The molecule has 1 saturated heterocycles. The summed E-state index contributed by atoms with van der Waals surface area (Å²) in [7, 11) is 3.84. The minimum absolute atomic E-state index is 0.149. The number of para-hydroxylation sites is 1. The smallest absolute Gasteiger partial charge is 0.194 e. The van der Waals surface area contributed by atoms with Crippen molar-refractivity contribution in [3.05, 3.63) is 30.1 Å². The number of rotatable bonds is 9. The van der Waals surface area contributed by atoms with Crippen molar-refractivity contribution in [2.24, 2.45) is 4.99 Å². The number of hydrogen-bond donors (Lipinski definition) is 1. The van der Waals surface area contributed by atoms with Crippen LogP contribution in [0.3, 0.4) is 0 Å². The summed E-state index contributed by atoms with van der Waals surface area (Å²) in [4.78, 5) is 11.4. The third-order valence-electron chi connectivity index (χ3n) is 4.74. The number of piperazine rings is 1. The van der Waals surface area contributed by atoms with Gasteiger partial charge in [-0.3, -0.25) is 4.99 Å². The highest BCUT2D eigenvalue weighted by atomic mass is 19.1. The van der Waals surface area contributed by atoms with E-state index < -0.39 is 0 Å².